The number of nitrogens with zero attached hydrogens (tertiary/aromatic N) is 9. The second-order valence-corrected chi connectivity index (χ2v) is 14.4. The average Bonchev–Trinajstić information content (AvgIpc) is 3.80. The molecule has 0 saturated carbocycles. The van der Waals surface area contributed by atoms with E-state index >= 15 is 0 Å². The number of benzene rings is 4. The highest BCUT2D eigenvalue weighted by Gasteiger charge is 2.22. The van der Waals surface area contributed by atoms with E-state index in [-0.39, 0.29) is 28.9 Å². The van der Waals surface area contributed by atoms with Crippen molar-refractivity contribution in [2.24, 2.45) is 0 Å². The van der Waals surface area contributed by atoms with E-state index in [0.717, 1.165) is 22.9 Å². The number of anilines is 4. The van der Waals surface area contributed by atoms with Gasteiger partial charge in [0.1, 0.15) is 35.2 Å². The molecule has 0 aliphatic carbocycles. The summed E-state index contributed by atoms with van der Waals surface area (Å²) in [6.07, 6.45) is 4.96. The van der Waals surface area contributed by atoms with E-state index < -0.39 is 5.24 Å². The van der Waals surface area contributed by atoms with Crippen molar-refractivity contribution in [2.45, 2.75) is 13.8 Å². The van der Waals surface area contributed by atoms with Crippen LogP contribution in [0.25, 0.3) is 45.1 Å². The van der Waals surface area contributed by atoms with Gasteiger partial charge in [-0.05, 0) is 109 Å². The zero-order valence-electron chi connectivity index (χ0n) is 36.3. The Hall–Kier alpha value is -8.51. The number of carbonyl (C=O) groups is 2. The van der Waals surface area contributed by atoms with Gasteiger partial charge in [-0.25, -0.2) is 38.7 Å². The third-order valence-electron chi connectivity index (χ3n) is 10.2. The fraction of sp³-hybridized carbons (Fsp3) is 0.130. The number of fused-ring (bicyclic) bond motifs is 2. The Morgan fingerprint density at radius 3 is 1.43 bits per heavy atom. The van der Waals surface area contributed by atoms with Crippen LogP contribution in [0.2, 0.25) is 0 Å². The molecule has 4 aromatic heterocycles. The molecule has 0 bridgehead atoms. The molecule has 0 aliphatic heterocycles. The number of ether oxygens (including phenoxy) is 2. The molecule has 1 amide bonds. The Morgan fingerprint density at radius 2 is 1.06 bits per heavy atom. The third kappa shape index (κ3) is 9.18. The molecule has 0 radical (unpaired) electrons. The van der Waals surface area contributed by atoms with Crippen LogP contribution >= 0.6 is 11.6 Å². The standard InChI is InChI=1S/C23H22N6O3.C20H20N6O2.C3H3ClO/c1-5-19(30)27(3)15-8-10-16(11-9-15)29-22-20(21(24)25-13-26-22)28(23(29)31)17-7-6-14(2)18(12-17)32-4;1-12-4-7-15(10-16(12)28-3)25-17-18(21)23-11-24-19(17)26(20(25)27)14-8-5-13(22-2)6-9-14;1-2-3(4)5/h5-13H,1H2,2-4H3,(H2,24,25,26);4-11,22H,1-3H3,(H2,21,23,24);2H,1H2. The highest BCUT2D eigenvalue weighted by molar-refractivity contribution is 6.66. The van der Waals surface area contributed by atoms with Gasteiger partial charge in [0.2, 0.25) is 11.1 Å². The minimum Gasteiger partial charge on any atom is -0.496 e. The van der Waals surface area contributed by atoms with Crippen LogP contribution in [0, 0.1) is 13.8 Å². The Kier molecular flexibility index (Phi) is 13.9. The SMILES string of the molecule is C=CC(=O)Cl.C=CC(=O)N(C)c1ccc(-n2c(=O)n(-c3ccc(C)c(OC)c3)c3c(N)ncnc32)cc1.CNc1ccc(-n2c(=O)n(-c3ccc(C)c(OC)c3)c3c(N)ncnc32)cc1. The lowest BCUT2D eigenvalue weighted by Gasteiger charge is -2.15. The quantitative estimate of drug-likeness (QED) is 0.105. The van der Waals surface area contributed by atoms with Crippen molar-refractivity contribution in [1.82, 2.24) is 38.2 Å². The van der Waals surface area contributed by atoms with Crippen LogP contribution in [-0.4, -0.2) is 77.7 Å². The van der Waals surface area contributed by atoms with Gasteiger partial charge >= 0.3 is 11.4 Å². The zero-order chi connectivity index (χ0) is 47.1. The van der Waals surface area contributed by atoms with Gasteiger partial charge in [0.25, 0.3) is 0 Å². The molecule has 5 N–H and O–H groups in total. The number of halogens is 1. The minimum absolute atomic E-state index is 0.179. The molecule has 65 heavy (non-hydrogen) atoms. The van der Waals surface area contributed by atoms with Crippen molar-refractivity contribution in [3.8, 4) is 34.2 Å². The molecule has 0 spiro atoms. The van der Waals surface area contributed by atoms with Crippen LogP contribution in [0.1, 0.15) is 11.1 Å². The Morgan fingerprint density at radius 1 is 0.662 bits per heavy atom. The summed E-state index contributed by atoms with van der Waals surface area (Å²) in [5.74, 6) is 1.50. The fourth-order valence-electron chi connectivity index (χ4n) is 6.80. The lowest BCUT2D eigenvalue weighted by Crippen LogP contribution is -2.24. The van der Waals surface area contributed by atoms with E-state index in [2.05, 4.69) is 38.4 Å². The highest BCUT2D eigenvalue weighted by atomic mass is 35.5. The van der Waals surface area contributed by atoms with Crippen LogP contribution < -0.4 is 42.5 Å². The number of aromatic nitrogens is 8. The molecule has 8 aromatic rings. The normalized spacial score (nSPS) is 10.6. The number of methoxy groups -OCH3 is 2. The summed E-state index contributed by atoms with van der Waals surface area (Å²) in [4.78, 5) is 66.6. The maximum absolute atomic E-state index is 13.6. The maximum Gasteiger partial charge on any atom is 0.339 e. The molecule has 0 atom stereocenters. The molecule has 18 nitrogen and oxygen atoms in total. The Labute approximate surface area is 377 Å². The smallest absolute Gasteiger partial charge is 0.339 e. The van der Waals surface area contributed by atoms with Crippen molar-refractivity contribution in [1.29, 1.82) is 0 Å². The predicted octanol–water partition coefficient (Wildman–Crippen LogP) is 6.07. The van der Waals surface area contributed by atoms with Crippen LogP contribution in [0.3, 0.4) is 0 Å². The summed E-state index contributed by atoms with van der Waals surface area (Å²) in [5, 5.41) is 2.55. The van der Waals surface area contributed by atoms with Gasteiger partial charge in [-0.1, -0.05) is 25.3 Å². The Balaban J connectivity index is 0.000000197. The molecule has 4 heterocycles. The maximum atomic E-state index is 13.6. The molecule has 8 rings (SSSR count). The first-order valence-electron chi connectivity index (χ1n) is 19.6. The second-order valence-electron chi connectivity index (χ2n) is 14.0. The fourth-order valence-corrected chi connectivity index (χ4v) is 6.80. The number of allylic oxidation sites excluding steroid dienone is 1. The van der Waals surface area contributed by atoms with Crippen molar-refractivity contribution < 1.29 is 19.1 Å². The van der Waals surface area contributed by atoms with Crippen LogP contribution in [-0.2, 0) is 9.59 Å². The zero-order valence-corrected chi connectivity index (χ0v) is 37.1. The summed E-state index contributed by atoms with van der Waals surface area (Å²) in [7, 11) is 6.66. The van der Waals surface area contributed by atoms with Gasteiger partial charge in [0.05, 0.1) is 37.0 Å². The van der Waals surface area contributed by atoms with Gasteiger partial charge in [-0.15, -0.1) is 0 Å². The molecule has 0 aliphatic rings. The number of hydrogen-bond acceptors (Lipinski definition) is 13. The van der Waals surface area contributed by atoms with Crippen molar-refractivity contribution in [3.63, 3.8) is 0 Å². The van der Waals surface area contributed by atoms with Crippen LogP contribution in [0.15, 0.2) is 132 Å². The number of amides is 1. The first kappa shape index (κ1) is 46.0. The average molecular weight is 897 g/mol. The molecule has 0 unspecified atom stereocenters. The van der Waals surface area contributed by atoms with Crippen molar-refractivity contribution in [3.05, 3.63) is 155 Å². The van der Waals surface area contributed by atoms with E-state index in [4.69, 9.17) is 32.5 Å². The number of imidazole rings is 2. The lowest BCUT2D eigenvalue weighted by atomic mass is 10.2. The molecular weight excluding hydrogens is 852 g/mol. The summed E-state index contributed by atoms with van der Waals surface area (Å²) >= 11 is 4.71. The van der Waals surface area contributed by atoms with E-state index in [1.807, 2.05) is 69.4 Å². The largest absolute Gasteiger partial charge is 0.496 e. The van der Waals surface area contributed by atoms with Gasteiger partial charge in [0.15, 0.2) is 22.9 Å². The van der Waals surface area contributed by atoms with E-state index in [1.54, 1.807) is 57.7 Å². The second kappa shape index (κ2) is 19.7. The number of aryl methyl sites for hydroxylation is 2. The third-order valence-corrected chi connectivity index (χ3v) is 10.3. The summed E-state index contributed by atoms with van der Waals surface area (Å²) < 4.78 is 16.8. The number of carbonyl (C=O) groups excluding carboxylic acids is 2. The van der Waals surface area contributed by atoms with Crippen molar-refractivity contribution in [2.75, 3.05) is 50.0 Å². The molecule has 4 aromatic carbocycles. The lowest BCUT2D eigenvalue weighted by molar-refractivity contribution is -0.114. The summed E-state index contributed by atoms with van der Waals surface area (Å²) in [6.45, 7) is 10.4. The predicted molar refractivity (Wildman–Crippen MR) is 255 cm³/mol. The van der Waals surface area contributed by atoms with Gasteiger partial charge in [-0.2, -0.15) is 0 Å². The number of nitrogen functional groups attached to an aromatic ring is 2. The number of likely N-dealkylation sites (N-methyl/N-ethyl adjacent to an activating group) is 1. The number of nitrogens with two attached hydrogens (primary N) is 2. The monoisotopic (exact) mass is 896 g/mol. The number of rotatable bonds is 10. The van der Waals surface area contributed by atoms with Crippen molar-refractivity contribution >= 4 is 68.1 Å². The first-order valence-corrected chi connectivity index (χ1v) is 20.0. The molecule has 19 heteroatoms. The van der Waals surface area contributed by atoms with E-state index in [9.17, 15) is 19.2 Å². The summed E-state index contributed by atoms with van der Waals surface area (Å²) in [6, 6.07) is 25.4. The van der Waals surface area contributed by atoms with Gasteiger partial charge < -0.3 is 31.2 Å². The molecule has 0 fully saturated rings. The van der Waals surface area contributed by atoms with Crippen LogP contribution in [0.5, 0.6) is 11.5 Å². The summed E-state index contributed by atoms with van der Waals surface area (Å²) in [5.41, 5.74) is 19.3. The van der Waals surface area contributed by atoms with E-state index in [0.29, 0.717) is 62.3 Å². The number of nitrogens with one attached hydrogen (secondary N) is 1. The Bertz CT molecular complexity index is 3210. The molecule has 332 valence electrons. The van der Waals surface area contributed by atoms with Gasteiger partial charge in [0, 0.05) is 37.6 Å². The van der Waals surface area contributed by atoms with Crippen LogP contribution in [0.4, 0.5) is 23.0 Å². The highest BCUT2D eigenvalue weighted by Crippen LogP contribution is 2.29. The first-order chi connectivity index (χ1) is 31.2. The topological polar surface area (TPSA) is 225 Å². The minimum atomic E-state index is -0.509. The molecule has 0 saturated heterocycles. The molecular formula is C46H45ClN12O6. The van der Waals surface area contributed by atoms with Gasteiger partial charge in [-0.3, -0.25) is 18.7 Å². The van der Waals surface area contributed by atoms with E-state index in [1.165, 1.54) is 41.9 Å². The number of hydrogen-bond donors (Lipinski definition) is 3.